The third-order valence-corrected chi connectivity index (χ3v) is 2.76. The van der Waals surface area contributed by atoms with Crippen LogP contribution in [0.1, 0.15) is 13.3 Å². The third-order valence-electron chi connectivity index (χ3n) is 2.76. The Balaban J connectivity index is 2.04. The second-order valence-corrected chi connectivity index (χ2v) is 4.07. The molecule has 0 aliphatic carbocycles. The van der Waals surface area contributed by atoms with E-state index in [-0.39, 0.29) is 12.4 Å². The zero-order valence-electron chi connectivity index (χ0n) is 10.4. The Kier molecular flexibility index (Phi) is 4.13. The minimum Gasteiger partial charge on any atom is -0.486 e. The average Bonchev–Trinajstić information content (AvgIpc) is 2.46. The average molecular weight is 240 g/mol. The molecule has 0 bridgehead atoms. The Labute approximate surface area is 107 Å². The van der Waals surface area contributed by atoms with Crippen LogP contribution in [0, 0.1) is 0 Å². The molecule has 92 valence electrons. The van der Waals surface area contributed by atoms with Crippen LogP contribution in [0.4, 0.5) is 0 Å². The van der Waals surface area contributed by atoms with Gasteiger partial charge in [0.05, 0.1) is 0 Å². The maximum absolute atomic E-state index is 11.1. The Morgan fingerprint density at radius 2 is 1.56 bits per heavy atom. The lowest BCUT2D eigenvalue weighted by Gasteiger charge is -2.06. The smallest absolute Gasteiger partial charge is 0.169 e. The Morgan fingerprint density at radius 3 is 2.17 bits per heavy atom. The molecule has 0 aliphatic heterocycles. The van der Waals surface area contributed by atoms with Crippen LogP contribution in [0.25, 0.3) is 11.1 Å². The summed E-state index contributed by atoms with van der Waals surface area (Å²) in [6.45, 7) is 1.99. The molecular formula is C16H16O2. The molecule has 0 heterocycles. The van der Waals surface area contributed by atoms with Gasteiger partial charge in [0.2, 0.25) is 0 Å². The molecule has 0 fully saturated rings. The quantitative estimate of drug-likeness (QED) is 0.796. The summed E-state index contributed by atoms with van der Waals surface area (Å²) in [5.74, 6) is 0.846. The van der Waals surface area contributed by atoms with Gasteiger partial charge in [-0.25, -0.2) is 0 Å². The number of hydrogen-bond acceptors (Lipinski definition) is 2. The van der Waals surface area contributed by atoms with Crippen molar-refractivity contribution in [1.82, 2.24) is 0 Å². The van der Waals surface area contributed by atoms with Crippen molar-refractivity contribution in [2.75, 3.05) is 6.61 Å². The fourth-order valence-corrected chi connectivity index (χ4v) is 1.64. The zero-order chi connectivity index (χ0) is 12.8. The molecule has 0 atom stereocenters. The summed E-state index contributed by atoms with van der Waals surface area (Å²) in [4.78, 5) is 11.1. The van der Waals surface area contributed by atoms with E-state index in [0.717, 1.165) is 11.3 Å². The molecular weight excluding hydrogens is 224 g/mol. The molecule has 2 nitrogen and oxygen atoms in total. The van der Waals surface area contributed by atoms with E-state index in [4.69, 9.17) is 4.74 Å². The van der Waals surface area contributed by atoms with Gasteiger partial charge in [-0.05, 0) is 23.3 Å². The molecule has 0 N–H and O–H groups in total. The van der Waals surface area contributed by atoms with Crippen molar-refractivity contribution in [3.8, 4) is 16.9 Å². The van der Waals surface area contributed by atoms with E-state index in [1.807, 2.05) is 49.4 Å². The Morgan fingerprint density at radius 1 is 0.944 bits per heavy atom. The SMILES string of the molecule is CCC(=O)COc1ccc(-c2ccccc2)cc1. The van der Waals surface area contributed by atoms with Gasteiger partial charge in [-0.2, -0.15) is 0 Å². The van der Waals surface area contributed by atoms with Crippen LogP contribution in [0.5, 0.6) is 5.75 Å². The second kappa shape index (κ2) is 6.01. The highest BCUT2D eigenvalue weighted by Crippen LogP contribution is 2.21. The Bertz CT molecular complexity index is 500. The van der Waals surface area contributed by atoms with Gasteiger partial charge in [0, 0.05) is 6.42 Å². The number of benzene rings is 2. The van der Waals surface area contributed by atoms with Crippen molar-refractivity contribution >= 4 is 5.78 Å². The fourth-order valence-electron chi connectivity index (χ4n) is 1.64. The summed E-state index contributed by atoms with van der Waals surface area (Å²) < 4.78 is 5.40. The maximum atomic E-state index is 11.1. The predicted octanol–water partition coefficient (Wildman–Crippen LogP) is 3.71. The van der Waals surface area contributed by atoms with Crippen molar-refractivity contribution in [3.05, 3.63) is 54.6 Å². The van der Waals surface area contributed by atoms with Gasteiger partial charge in [-0.15, -0.1) is 0 Å². The van der Waals surface area contributed by atoms with Crippen molar-refractivity contribution in [1.29, 1.82) is 0 Å². The van der Waals surface area contributed by atoms with Gasteiger partial charge >= 0.3 is 0 Å². The van der Waals surface area contributed by atoms with Crippen molar-refractivity contribution in [3.63, 3.8) is 0 Å². The standard InChI is InChI=1S/C16H16O2/c1-2-15(17)12-18-16-10-8-14(9-11-16)13-6-4-3-5-7-13/h3-11H,2,12H2,1H3. The van der Waals surface area contributed by atoms with Crippen LogP contribution in [0.2, 0.25) is 0 Å². The topological polar surface area (TPSA) is 26.3 Å². The number of carbonyl (C=O) groups excluding carboxylic acids is 1. The molecule has 0 aliphatic rings. The summed E-state index contributed by atoms with van der Waals surface area (Å²) >= 11 is 0. The van der Waals surface area contributed by atoms with Gasteiger partial charge < -0.3 is 4.74 Å². The van der Waals surface area contributed by atoms with E-state index < -0.39 is 0 Å². The summed E-state index contributed by atoms with van der Waals surface area (Å²) in [5.41, 5.74) is 2.32. The molecule has 0 radical (unpaired) electrons. The van der Waals surface area contributed by atoms with Crippen LogP contribution in [0.15, 0.2) is 54.6 Å². The molecule has 0 spiro atoms. The first-order valence-corrected chi connectivity index (χ1v) is 6.09. The van der Waals surface area contributed by atoms with Crippen LogP contribution >= 0.6 is 0 Å². The van der Waals surface area contributed by atoms with E-state index in [0.29, 0.717) is 6.42 Å². The summed E-state index contributed by atoms with van der Waals surface area (Å²) in [7, 11) is 0. The summed E-state index contributed by atoms with van der Waals surface area (Å²) in [6, 6.07) is 17.9. The van der Waals surface area contributed by atoms with E-state index in [2.05, 4.69) is 12.1 Å². The van der Waals surface area contributed by atoms with Crippen LogP contribution < -0.4 is 4.74 Å². The molecule has 0 amide bonds. The molecule has 2 aromatic carbocycles. The highest BCUT2D eigenvalue weighted by atomic mass is 16.5. The molecule has 2 rings (SSSR count). The van der Waals surface area contributed by atoms with E-state index >= 15 is 0 Å². The molecule has 0 unspecified atom stereocenters. The van der Waals surface area contributed by atoms with E-state index in [1.54, 1.807) is 0 Å². The van der Waals surface area contributed by atoms with Crippen LogP contribution in [0.3, 0.4) is 0 Å². The fraction of sp³-hybridized carbons (Fsp3) is 0.188. The van der Waals surface area contributed by atoms with E-state index in [1.165, 1.54) is 5.56 Å². The summed E-state index contributed by atoms with van der Waals surface area (Å²) in [6.07, 6.45) is 0.516. The molecule has 0 aromatic heterocycles. The molecule has 18 heavy (non-hydrogen) atoms. The largest absolute Gasteiger partial charge is 0.486 e. The maximum Gasteiger partial charge on any atom is 0.169 e. The normalized spacial score (nSPS) is 10.1. The molecule has 2 heteroatoms. The van der Waals surface area contributed by atoms with Gasteiger partial charge in [0.1, 0.15) is 12.4 Å². The number of rotatable bonds is 5. The summed E-state index contributed by atoms with van der Waals surface area (Å²) in [5, 5.41) is 0. The lowest BCUT2D eigenvalue weighted by atomic mass is 10.1. The number of ether oxygens (including phenoxy) is 1. The highest BCUT2D eigenvalue weighted by Gasteiger charge is 2.01. The number of carbonyl (C=O) groups is 1. The predicted molar refractivity (Wildman–Crippen MR) is 72.7 cm³/mol. The van der Waals surface area contributed by atoms with Crippen molar-refractivity contribution in [2.24, 2.45) is 0 Å². The minimum atomic E-state index is 0.113. The third kappa shape index (κ3) is 3.20. The number of hydrogen-bond donors (Lipinski definition) is 0. The zero-order valence-corrected chi connectivity index (χ0v) is 10.4. The second-order valence-electron chi connectivity index (χ2n) is 4.07. The van der Waals surface area contributed by atoms with Crippen molar-refractivity contribution < 1.29 is 9.53 Å². The van der Waals surface area contributed by atoms with Gasteiger partial charge in [0.15, 0.2) is 5.78 Å². The first-order chi connectivity index (χ1) is 8.79. The monoisotopic (exact) mass is 240 g/mol. The first kappa shape index (κ1) is 12.4. The van der Waals surface area contributed by atoms with Crippen LogP contribution in [-0.2, 0) is 4.79 Å². The van der Waals surface area contributed by atoms with E-state index in [9.17, 15) is 4.79 Å². The number of Topliss-reactive ketones (excluding diaryl/α,β-unsaturated/α-hetero) is 1. The first-order valence-electron chi connectivity index (χ1n) is 6.09. The lowest BCUT2D eigenvalue weighted by molar-refractivity contribution is -0.120. The van der Waals surface area contributed by atoms with Gasteiger partial charge in [-0.3, -0.25) is 4.79 Å². The molecule has 2 aromatic rings. The minimum absolute atomic E-state index is 0.113. The number of ketones is 1. The van der Waals surface area contributed by atoms with Crippen molar-refractivity contribution in [2.45, 2.75) is 13.3 Å². The van der Waals surface area contributed by atoms with Crippen LogP contribution in [-0.4, -0.2) is 12.4 Å². The van der Waals surface area contributed by atoms with Gasteiger partial charge in [0.25, 0.3) is 0 Å². The lowest BCUT2D eigenvalue weighted by Crippen LogP contribution is -2.09. The Hall–Kier alpha value is -2.09. The van der Waals surface area contributed by atoms with Gasteiger partial charge in [-0.1, -0.05) is 49.4 Å². The molecule has 0 saturated heterocycles. The highest BCUT2D eigenvalue weighted by molar-refractivity contribution is 5.79. The molecule has 0 saturated carbocycles.